The van der Waals surface area contributed by atoms with E-state index >= 15 is 0 Å². The number of hydrogen-bond donors (Lipinski definition) is 3. The van der Waals surface area contributed by atoms with Gasteiger partial charge in [-0.2, -0.15) is 0 Å². The van der Waals surface area contributed by atoms with E-state index in [0.29, 0.717) is 36.9 Å². The van der Waals surface area contributed by atoms with Crippen LogP contribution < -0.4 is 15.4 Å². The molecule has 0 spiro atoms. The molecular weight excluding hydrogens is 700 g/mol. The van der Waals surface area contributed by atoms with Crippen molar-refractivity contribution in [3.8, 4) is 5.75 Å². The van der Waals surface area contributed by atoms with Gasteiger partial charge in [0.15, 0.2) is 6.61 Å². The zero-order valence-corrected chi connectivity index (χ0v) is 30.8. The van der Waals surface area contributed by atoms with Crippen LogP contribution in [-0.4, -0.2) is 137 Å². The lowest BCUT2D eigenvalue weighted by atomic mass is 9.93. The Bertz CT molecular complexity index is 1720. The van der Waals surface area contributed by atoms with Crippen LogP contribution in [0.4, 0.5) is 4.79 Å². The Balaban J connectivity index is 1.15. The van der Waals surface area contributed by atoms with Gasteiger partial charge in [-0.1, -0.05) is 6.07 Å². The summed E-state index contributed by atoms with van der Waals surface area (Å²) in [5.41, 5.74) is 1.24. The fourth-order valence-corrected chi connectivity index (χ4v) is 7.24. The lowest BCUT2D eigenvalue weighted by Crippen LogP contribution is -2.55. The first-order valence-electron chi connectivity index (χ1n) is 19.0. The maximum atomic E-state index is 13.9. The summed E-state index contributed by atoms with van der Waals surface area (Å²) in [5.74, 6) is -1.96. The van der Waals surface area contributed by atoms with Gasteiger partial charge in [0.1, 0.15) is 30.1 Å². The molecule has 16 heteroatoms. The molecule has 54 heavy (non-hydrogen) atoms. The maximum Gasteiger partial charge on any atom is 0.407 e. The van der Waals surface area contributed by atoms with Crippen molar-refractivity contribution in [1.82, 2.24) is 30.3 Å². The first kappa shape index (κ1) is 38.7. The number of carbonyl (C=O) groups is 6. The second-order valence-electron chi connectivity index (χ2n) is 14.5. The Hall–Kier alpha value is -4.99. The first-order valence-corrected chi connectivity index (χ1v) is 19.0. The normalized spacial score (nSPS) is 20.9. The minimum absolute atomic E-state index is 0.0655. The molecule has 3 saturated heterocycles. The van der Waals surface area contributed by atoms with Crippen molar-refractivity contribution in [2.24, 2.45) is 0 Å². The molecule has 3 aliphatic heterocycles. The molecule has 292 valence electrons. The lowest BCUT2D eigenvalue weighted by molar-refractivity contribution is -0.149. The average molecular weight is 751 g/mol. The second kappa shape index (κ2) is 17.9. The number of pyridine rings is 1. The van der Waals surface area contributed by atoms with E-state index in [2.05, 4.69) is 15.6 Å². The van der Waals surface area contributed by atoms with Crippen LogP contribution in [0.3, 0.4) is 0 Å². The minimum atomic E-state index is -1.15. The van der Waals surface area contributed by atoms with E-state index in [4.69, 9.17) is 14.2 Å². The van der Waals surface area contributed by atoms with Gasteiger partial charge in [0.2, 0.25) is 11.8 Å². The van der Waals surface area contributed by atoms with Crippen LogP contribution >= 0.6 is 0 Å². The number of nitrogens with zero attached hydrogens (tertiary/aromatic N) is 4. The van der Waals surface area contributed by atoms with Crippen molar-refractivity contribution in [3.05, 3.63) is 35.5 Å². The number of amides is 5. The number of esters is 1. The number of likely N-dealkylation sites (tertiary alicyclic amines) is 1. The Morgan fingerprint density at radius 2 is 1.72 bits per heavy atom. The highest BCUT2D eigenvalue weighted by atomic mass is 16.6. The fraction of sp³-hybridized carbons (Fsp3) is 0.605. The molecule has 3 atom stereocenters. The summed E-state index contributed by atoms with van der Waals surface area (Å²) in [6.45, 7) is 3.15. The van der Waals surface area contributed by atoms with Crippen molar-refractivity contribution in [2.45, 2.75) is 95.4 Å². The molecule has 4 heterocycles. The standard InChI is InChI=1S/C38H50N6O10/c1-24-10-11-27-29(20-24)40-30(21-32(27)53-23-33(45)44-14-5-9-31(44)36(48)39-25-6-4-7-25)35(47)41-28(37(49)42-15-17-43(18-16-42)38(50)51)12-13-34(46)54-22-26-8-2-3-19-52-26/h10-11,20-21,25-26,28,31H,2-9,12-19,22-23H2,1H3,(H,39,48)(H,41,47)(H,50,51)/t26?,28-,31-/m0/s1. The monoisotopic (exact) mass is 750 g/mol. The van der Waals surface area contributed by atoms with Crippen molar-refractivity contribution in [1.29, 1.82) is 0 Å². The third kappa shape index (κ3) is 9.75. The molecule has 1 unspecified atom stereocenters. The van der Waals surface area contributed by atoms with Gasteiger partial charge in [0.25, 0.3) is 11.8 Å². The van der Waals surface area contributed by atoms with Crippen molar-refractivity contribution in [2.75, 3.05) is 52.5 Å². The number of aromatic nitrogens is 1. The largest absolute Gasteiger partial charge is 0.483 e. The van der Waals surface area contributed by atoms with Crippen molar-refractivity contribution < 1.29 is 48.1 Å². The maximum absolute atomic E-state index is 13.9. The van der Waals surface area contributed by atoms with Crippen LogP contribution in [0.2, 0.25) is 0 Å². The van der Waals surface area contributed by atoms with Crippen molar-refractivity contribution >= 4 is 46.6 Å². The summed E-state index contributed by atoms with van der Waals surface area (Å²) in [5, 5.41) is 15.7. The quantitative estimate of drug-likeness (QED) is 0.254. The van der Waals surface area contributed by atoms with Gasteiger partial charge in [-0.25, -0.2) is 9.78 Å². The smallest absolute Gasteiger partial charge is 0.407 e. The van der Waals surface area contributed by atoms with E-state index in [1.54, 1.807) is 17.0 Å². The van der Waals surface area contributed by atoms with E-state index in [1.807, 2.05) is 13.0 Å². The molecule has 16 nitrogen and oxygen atoms in total. The third-order valence-electron chi connectivity index (χ3n) is 10.6. The first-order chi connectivity index (χ1) is 26.0. The van der Waals surface area contributed by atoms with Gasteiger partial charge in [0, 0.05) is 63.2 Å². The molecule has 4 fully saturated rings. The molecule has 1 aromatic heterocycles. The molecule has 4 aliphatic rings. The predicted octanol–water partition coefficient (Wildman–Crippen LogP) is 2.39. The molecule has 2 aromatic rings. The number of hydrogen-bond acceptors (Lipinski definition) is 10. The van der Waals surface area contributed by atoms with E-state index < -0.39 is 36.0 Å². The number of benzene rings is 1. The Labute approximate surface area is 313 Å². The van der Waals surface area contributed by atoms with Crippen LogP contribution in [0.25, 0.3) is 10.9 Å². The summed E-state index contributed by atoms with van der Waals surface area (Å²) in [4.78, 5) is 87.0. The van der Waals surface area contributed by atoms with Gasteiger partial charge < -0.3 is 44.7 Å². The highest BCUT2D eigenvalue weighted by Gasteiger charge is 2.36. The van der Waals surface area contributed by atoms with Gasteiger partial charge in [-0.05, 0) is 82.4 Å². The summed E-state index contributed by atoms with van der Waals surface area (Å²) in [7, 11) is 0. The Morgan fingerprint density at radius 1 is 0.944 bits per heavy atom. The zero-order valence-electron chi connectivity index (χ0n) is 30.8. The summed E-state index contributed by atoms with van der Waals surface area (Å²) in [6.07, 6.45) is 5.53. The average Bonchev–Trinajstić information content (AvgIpc) is 3.66. The van der Waals surface area contributed by atoms with Crippen molar-refractivity contribution in [3.63, 3.8) is 0 Å². The van der Waals surface area contributed by atoms with E-state index in [-0.39, 0.29) is 87.6 Å². The van der Waals surface area contributed by atoms with Gasteiger partial charge in [-0.3, -0.25) is 24.0 Å². The number of carboxylic acid groups (broad SMARTS) is 1. The Kier molecular flexibility index (Phi) is 12.8. The number of rotatable bonds is 13. The Morgan fingerprint density at radius 3 is 2.43 bits per heavy atom. The fourth-order valence-electron chi connectivity index (χ4n) is 7.24. The highest BCUT2D eigenvalue weighted by molar-refractivity contribution is 5.99. The minimum Gasteiger partial charge on any atom is -0.483 e. The molecule has 3 N–H and O–H groups in total. The predicted molar refractivity (Wildman–Crippen MR) is 194 cm³/mol. The third-order valence-corrected chi connectivity index (χ3v) is 10.6. The molecule has 1 aliphatic carbocycles. The summed E-state index contributed by atoms with van der Waals surface area (Å²) >= 11 is 0. The molecule has 6 rings (SSSR count). The number of carbonyl (C=O) groups excluding carboxylic acids is 5. The molecule has 5 amide bonds. The number of nitrogens with one attached hydrogen (secondary N) is 2. The van der Waals surface area contributed by atoms with Crippen LogP contribution in [-0.2, 0) is 28.7 Å². The van der Waals surface area contributed by atoms with Crippen LogP contribution in [0, 0.1) is 6.92 Å². The molecule has 0 radical (unpaired) electrons. The van der Waals surface area contributed by atoms with E-state index in [9.17, 15) is 33.9 Å². The summed E-state index contributed by atoms with van der Waals surface area (Å²) < 4.78 is 17.1. The van der Waals surface area contributed by atoms with Gasteiger partial charge in [-0.15, -0.1) is 0 Å². The molecule has 0 bridgehead atoms. The highest BCUT2D eigenvalue weighted by Crippen LogP contribution is 2.28. The number of fused-ring (bicyclic) bond motifs is 1. The van der Waals surface area contributed by atoms with Crippen LogP contribution in [0.15, 0.2) is 24.3 Å². The SMILES string of the molecule is Cc1ccc2c(OCC(=O)N3CCC[C@H]3C(=O)NC3CCC3)cc(C(=O)N[C@@H](CCC(=O)OCC3CCCCO3)C(=O)N3CCN(C(=O)O)CC3)nc2c1. The van der Waals surface area contributed by atoms with Gasteiger partial charge in [0.05, 0.1) is 11.6 Å². The number of piperazine rings is 1. The summed E-state index contributed by atoms with van der Waals surface area (Å²) in [6, 6.07) is 5.30. The van der Waals surface area contributed by atoms with Crippen LogP contribution in [0.5, 0.6) is 5.75 Å². The van der Waals surface area contributed by atoms with Gasteiger partial charge >= 0.3 is 12.1 Å². The van der Waals surface area contributed by atoms with E-state index in [1.165, 1.54) is 15.9 Å². The number of ether oxygens (including phenoxy) is 3. The molecule has 1 saturated carbocycles. The number of aryl methyl sites for hydroxylation is 1. The second-order valence-corrected chi connectivity index (χ2v) is 14.5. The van der Waals surface area contributed by atoms with E-state index in [0.717, 1.165) is 44.1 Å². The van der Waals surface area contributed by atoms with Crippen LogP contribution in [0.1, 0.15) is 80.3 Å². The topological polar surface area (TPSA) is 197 Å². The molecule has 1 aromatic carbocycles. The molecular formula is C38H50N6O10. The zero-order chi connectivity index (χ0) is 38.2. The lowest BCUT2D eigenvalue weighted by Gasteiger charge is -2.35.